The lowest BCUT2D eigenvalue weighted by Gasteiger charge is -2.45. The van der Waals surface area contributed by atoms with E-state index >= 15 is 0 Å². The second-order valence-corrected chi connectivity index (χ2v) is 6.94. The van der Waals surface area contributed by atoms with Gasteiger partial charge in [-0.3, -0.25) is 14.5 Å². The summed E-state index contributed by atoms with van der Waals surface area (Å²) in [4.78, 5) is 34.8. The topological polar surface area (TPSA) is 79.1 Å². The van der Waals surface area contributed by atoms with E-state index in [0.29, 0.717) is 31.9 Å². The zero-order valence-corrected chi connectivity index (χ0v) is 15.5. The van der Waals surface area contributed by atoms with Crippen molar-refractivity contribution in [2.24, 2.45) is 0 Å². The molecule has 0 bridgehead atoms. The average molecular weight is 388 g/mol. The highest BCUT2D eigenvalue weighted by Gasteiger charge is 2.39. The molecule has 1 unspecified atom stereocenters. The van der Waals surface area contributed by atoms with Crippen LogP contribution in [-0.2, 0) is 11.4 Å². The number of hydrogen-bond donors (Lipinski definition) is 0. The molecule has 4 rings (SSSR count). The van der Waals surface area contributed by atoms with Gasteiger partial charge in [-0.2, -0.15) is 0 Å². The number of piperazine rings is 2. The fraction of sp³-hybridized carbons (Fsp3) is 0.421. The Morgan fingerprint density at radius 2 is 2.14 bits per heavy atom. The maximum atomic E-state index is 13.2. The van der Waals surface area contributed by atoms with Crippen molar-refractivity contribution in [3.8, 4) is 5.75 Å². The van der Waals surface area contributed by atoms with E-state index in [4.69, 9.17) is 9.15 Å². The van der Waals surface area contributed by atoms with Gasteiger partial charge in [0.1, 0.15) is 23.9 Å². The molecule has 1 aromatic heterocycles. The van der Waals surface area contributed by atoms with Crippen LogP contribution in [0.5, 0.6) is 5.75 Å². The lowest BCUT2D eigenvalue weighted by atomic mass is 10.1. The summed E-state index contributed by atoms with van der Waals surface area (Å²) in [6.45, 7) is 3.04. The first-order chi connectivity index (χ1) is 13.5. The molecule has 28 heavy (non-hydrogen) atoms. The van der Waals surface area contributed by atoms with Gasteiger partial charge in [0.25, 0.3) is 5.91 Å². The van der Waals surface area contributed by atoms with Gasteiger partial charge in [-0.15, -0.1) is 0 Å². The number of fused-ring (bicyclic) bond motifs is 1. The summed E-state index contributed by atoms with van der Waals surface area (Å²) in [6, 6.07) is 5.43. The Labute approximate surface area is 161 Å². The molecule has 9 heteroatoms. The number of rotatable bonds is 4. The van der Waals surface area contributed by atoms with E-state index in [1.54, 1.807) is 29.0 Å². The van der Waals surface area contributed by atoms with Gasteiger partial charge in [0.2, 0.25) is 11.8 Å². The maximum Gasteiger partial charge on any atom is 0.275 e. The Kier molecular flexibility index (Phi) is 4.99. The van der Waals surface area contributed by atoms with Gasteiger partial charge in [0.15, 0.2) is 12.3 Å². The third-order valence-electron chi connectivity index (χ3n) is 5.09. The van der Waals surface area contributed by atoms with Crippen LogP contribution in [0.2, 0.25) is 0 Å². The Morgan fingerprint density at radius 3 is 2.96 bits per heavy atom. The van der Waals surface area contributed by atoms with Crippen molar-refractivity contribution >= 4 is 11.8 Å². The third-order valence-corrected chi connectivity index (χ3v) is 5.09. The predicted molar refractivity (Wildman–Crippen MR) is 96.1 cm³/mol. The highest BCUT2D eigenvalue weighted by molar-refractivity contribution is 5.93. The van der Waals surface area contributed by atoms with Crippen LogP contribution in [0.4, 0.5) is 4.39 Å². The van der Waals surface area contributed by atoms with Crippen molar-refractivity contribution in [3.63, 3.8) is 0 Å². The molecule has 8 nitrogen and oxygen atoms in total. The molecule has 2 aliphatic heterocycles. The number of halogens is 1. The minimum Gasteiger partial charge on any atom is -0.484 e. The Hall–Kier alpha value is -2.94. The number of hydrogen-bond acceptors (Lipinski definition) is 6. The number of carbonyl (C=O) groups is 2. The smallest absolute Gasteiger partial charge is 0.275 e. The molecule has 2 aromatic rings. The summed E-state index contributed by atoms with van der Waals surface area (Å²) < 4.78 is 23.9. The monoisotopic (exact) mass is 388 g/mol. The van der Waals surface area contributed by atoms with E-state index in [9.17, 15) is 14.0 Å². The van der Waals surface area contributed by atoms with Gasteiger partial charge in [0, 0.05) is 45.8 Å². The van der Waals surface area contributed by atoms with Crippen LogP contribution in [0.1, 0.15) is 16.4 Å². The van der Waals surface area contributed by atoms with Crippen LogP contribution in [0.25, 0.3) is 0 Å². The molecular weight excluding hydrogens is 367 g/mol. The van der Waals surface area contributed by atoms with E-state index in [0.717, 1.165) is 6.54 Å². The first kappa shape index (κ1) is 18.4. The molecule has 0 saturated carbocycles. The van der Waals surface area contributed by atoms with Crippen molar-refractivity contribution < 1.29 is 23.1 Å². The van der Waals surface area contributed by atoms with Gasteiger partial charge < -0.3 is 19.0 Å². The molecule has 2 aliphatic rings. The fourth-order valence-electron chi connectivity index (χ4n) is 3.49. The van der Waals surface area contributed by atoms with E-state index in [1.165, 1.54) is 18.4 Å². The number of nitrogens with zero attached hydrogens (tertiary/aromatic N) is 4. The van der Waals surface area contributed by atoms with E-state index in [-0.39, 0.29) is 36.0 Å². The zero-order valence-electron chi connectivity index (χ0n) is 15.5. The molecule has 3 heterocycles. The molecular formula is C19H21FN4O4. The number of likely N-dealkylation sites (N-methyl/N-ethyl adjacent to an activating group) is 1. The molecule has 0 radical (unpaired) electrons. The standard InChI is InChI=1S/C19H21FN4O4/c1-22-5-6-23-7-8-24(10-16(23)19(22)26)18(25)15-11-28-17(21-15)12-27-14-4-2-3-13(20)9-14/h2-4,9,11,16H,5-8,10,12H2,1H3. The number of ether oxygens (including phenoxy) is 1. The average Bonchev–Trinajstić information content (AvgIpc) is 3.18. The number of aromatic nitrogens is 1. The van der Waals surface area contributed by atoms with Gasteiger partial charge in [-0.1, -0.05) is 6.07 Å². The summed E-state index contributed by atoms with van der Waals surface area (Å²) in [5.41, 5.74) is 0.169. The van der Waals surface area contributed by atoms with E-state index in [2.05, 4.69) is 9.88 Å². The summed E-state index contributed by atoms with van der Waals surface area (Å²) in [6.07, 6.45) is 1.29. The van der Waals surface area contributed by atoms with Gasteiger partial charge >= 0.3 is 0 Å². The van der Waals surface area contributed by atoms with Crippen LogP contribution < -0.4 is 4.74 Å². The minimum absolute atomic E-state index is 0.0174. The Morgan fingerprint density at radius 1 is 1.32 bits per heavy atom. The predicted octanol–water partition coefficient (Wildman–Crippen LogP) is 0.991. The summed E-state index contributed by atoms with van der Waals surface area (Å²) >= 11 is 0. The van der Waals surface area contributed by atoms with Crippen LogP contribution >= 0.6 is 0 Å². The summed E-state index contributed by atoms with van der Waals surface area (Å²) in [7, 11) is 1.78. The van der Waals surface area contributed by atoms with Crippen LogP contribution in [0.15, 0.2) is 34.9 Å². The van der Waals surface area contributed by atoms with Gasteiger partial charge in [0.05, 0.1) is 0 Å². The molecule has 0 aliphatic carbocycles. The second kappa shape index (κ2) is 7.59. The molecule has 0 spiro atoms. The minimum atomic E-state index is -0.400. The van der Waals surface area contributed by atoms with Crippen molar-refractivity contribution in [1.82, 2.24) is 19.7 Å². The first-order valence-electron chi connectivity index (χ1n) is 9.12. The lowest BCUT2D eigenvalue weighted by Crippen LogP contribution is -2.64. The van der Waals surface area contributed by atoms with Crippen molar-refractivity contribution in [2.75, 3.05) is 39.8 Å². The van der Waals surface area contributed by atoms with Gasteiger partial charge in [-0.25, -0.2) is 9.37 Å². The fourth-order valence-corrected chi connectivity index (χ4v) is 3.49. The van der Waals surface area contributed by atoms with Crippen molar-refractivity contribution in [2.45, 2.75) is 12.6 Å². The molecule has 1 atom stereocenters. The Balaban J connectivity index is 1.38. The van der Waals surface area contributed by atoms with Gasteiger partial charge in [-0.05, 0) is 12.1 Å². The third kappa shape index (κ3) is 3.70. The molecule has 2 fully saturated rings. The first-order valence-corrected chi connectivity index (χ1v) is 9.12. The summed E-state index contributed by atoms with van der Waals surface area (Å²) in [5.74, 6) is -0.0702. The highest BCUT2D eigenvalue weighted by Crippen LogP contribution is 2.19. The SMILES string of the molecule is CN1CCN2CCN(C(=O)c3coc(COc4cccc(F)c4)n3)CC2C1=O. The lowest BCUT2D eigenvalue weighted by molar-refractivity contribution is -0.142. The van der Waals surface area contributed by atoms with Crippen LogP contribution in [0.3, 0.4) is 0 Å². The molecule has 0 N–H and O–H groups in total. The molecule has 1 aromatic carbocycles. The number of amides is 2. The van der Waals surface area contributed by atoms with E-state index < -0.39 is 5.82 Å². The Bertz CT molecular complexity index is 886. The highest BCUT2D eigenvalue weighted by atomic mass is 19.1. The maximum absolute atomic E-state index is 13.2. The van der Waals surface area contributed by atoms with Crippen molar-refractivity contribution in [1.29, 1.82) is 0 Å². The normalized spacial score (nSPS) is 20.2. The van der Waals surface area contributed by atoms with E-state index in [1.807, 2.05) is 0 Å². The van der Waals surface area contributed by atoms with Crippen LogP contribution in [-0.4, -0.2) is 77.3 Å². The molecule has 2 saturated heterocycles. The quantitative estimate of drug-likeness (QED) is 0.777. The number of benzene rings is 1. The zero-order chi connectivity index (χ0) is 19.7. The molecule has 2 amide bonds. The number of carbonyl (C=O) groups excluding carboxylic acids is 2. The summed E-state index contributed by atoms with van der Waals surface area (Å²) in [5, 5.41) is 0. The second-order valence-electron chi connectivity index (χ2n) is 6.94. The largest absolute Gasteiger partial charge is 0.484 e. The molecule has 148 valence electrons. The van der Waals surface area contributed by atoms with Crippen molar-refractivity contribution in [3.05, 3.63) is 47.9 Å². The van der Waals surface area contributed by atoms with Crippen LogP contribution in [0, 0.1) is 5.82 Å². The number of oxazole rings is 1.